The van der Waals surface area contributed by atoms with E-state index in [1.165, 1.54) is 25.9 Å². The van der Waals surface area contributed by atoms with Crippen LogP contribution in [0, 0.1) is 0 Å². The van der Waals surface area contributed by atoms with Crippen LogP contribution >= 0.6 is 11.6 Å². The molecule has 2 heterocycles. The summed E-state index contributed by atoms with van der Waals surface area (Å²) in [6, 6.07) is 6.80. The highest BCUT2D eigenvalue weighted by Gasteiger charge is 2.31. The lowest BCUT2D eigenvalue weighted by Gasteiger charge is -2.18. The first-order chi connectivity index (χ1) is 12.1. The zero-order valence-electron chi connectivity index (χ0n) is 14.3. The zero-order chi connectivity index (χ0) is 17.6. The van der Waals surface area contributed by atoms with E-state index in [1.807, 2.05) is 12.1 Å². The second kappa shape index (κ2) is 8.54. The maximum Gasteiger partial charge on any atom is 0.315 e. The van der Waals surface area contributed by atoms with Gasteiger partial charge in [-0.05, 0) is 63.2 Å². The minimum absolute atomic E-state index is 0.0154. The lowest BCUT2D eigenvalue weighted by atomic mass is 10.2. The molecule has 0 spiro atoms. The summed E-state index contributed by atoms with van der Waals surface area (Å²) in [7, 11) is 0. The van der Waals surface area contributed by atoms with Crippen molar-refractivity contribution >= 4 is 29.2 Å². The lowest BCUT2D eigenvalue weighted by Crippen LogP contribution is -2.44. The van der Waals surface area contributed by atoms with E-state index >= 15 is 0 Å². The van der Waals surface area contributed by atoms with E-state index in [1.54, 1.807) is 17.0 Å². The average molecular weight is 365 g/mol. The van der Waals surface area contributed by atoms with Gasteiger partial charge in [-0.25, -0.2) is 4.79 Å². The summed E-state index contributed by atoms with van der Waals surface area (Å²) in [4.78, 5) is 28.3. The highest BCUT2D eigenvalue weighted by Crippen LogP contribution is 2.23. The average Bonchev–Trinajstić information content (AvgIpc) is 3.22. The first-order valence-electron chi connectivity index (χ1n) is 8.94. The number of halogens is 1. The summed E-state index contributed by atoms with van der Waals surface area (Å²) in [6.07, 6.45) is 3.85. The van der Waals surface area contributed by atoms with Crippen molar-refractivity contribution in [1.29, 1.82) is 0 Å². The quantitative estimate of drug-likeness (QED) is 0.761. The highest BCUT2D eigenvalue weighted by atomic mass is 35.5. The molecule has 25 heavy (non-hydrogen) atoms. The molecule has 1 atom stereocenters. The summed E-state index contributed by atoms with van der Waals surface area (Å²) in [5.41, 5.74) is 0.810. The van der Waals surface area contributed by atoms with Crippen molar-refractivity contribution in [3.63, 3.8) is 0 Å². The molecule has 3 rings (SSSR count). The van der Waals surface area contributed by atoms with Crippen LogP contribution in [0.5, 0.6) is 0 Å². The Morgan fingerprint density at radius 3 is 2.64 bits per heavy atom. The van der Waals surface area contributed by atoms with Gasteiger partial charge in [-0.2, -0.15) is 0 Å². The Bertz CT molecular complexity index is 602. The van der Waals surface area contributed by atoms with Gasteiger partial charge in [0.05, 0.1) is 6.04 Å². The van der Waals surface area contributed by atoms with E-state index in [2.05, 4.69) is 15.5 Å². The van der Waals surface area contributed by atoms with E-state index < -0.39 is 0 Å². The minimum atomic E-state index is -0.197. The molecule has 2 N–H and O–H groups in total. The third-order valence-electron chi connectivity index (χ3n) is 4.73. The number of rotatable bonds is 6. The van der Waals surface area contributed by atoms with E-state index in [-0.39, 0.29) is 18.0 Å². The number of anilines is 1. The number of amides is 3. The number of urea groups is 1. The molecule has 6 nitrogen and oxygen atoms in total. The van der Waals surface area contributed by atoms with E-state index in [4.69, 9.17) is 11.6 Å². The number of carbonyl (C=O) groups is 2. The topological polar surface area (TPSA) is 64.7 Å². The van der Waals surface area contributed by atoms with Crippen LogP contribution in [0.4, 0.5) is 10.5 Å². The Morgan fingerprint density at radius 2 is 1.92 bits per heavy atom. The number of hydrogen-bond acceptors (Lipinski definition) is 3. The molecule has 2 saturated heterocycles. The van der Waals surface area contributed by atoms with Crippen LogP contribution in [0.2, 0.25) is 5.02 Å². The fraction of sp³-hybridized carbons (Fsp3) is 0.556. The van der Waals surface area contributed by atoms with Gasteiger partial charge in [0.15, 0.2) is 0 Å². The zero-order valence-corrected chi connectivity index (χ0v) is 15.1. The van der Waals surface area contributed by atoms with Crippen LogP contribution in [-0.2, 0) is 4.79 Å². The number of nitrogens with zero attached hydrogens (tertiary/aromatic N) is 2. The van der Waals surface area contributed by atoms with Gasteiger partial charge in [-0.3, -0.25) is 4.79 Å². The standard InChI is InChI=1S/C18H25ClN4O2/c19-14-4-6-16(7-5-14)23-13-15(12-17(23)24)21-18(25)20-8-3-11-22-9-1-2-10-22/h4-7,15H,1-3,8-13H2,(H2,20,21,25). The van der Waals surface area contributed by atoms with Crippen LogP contribution in [0.1, 0.15) is 25.7 Å². The smallest absolute Gasteiger partial charge is 0.315 e. The Balaban J connectivity index is 1.38. The van der Waals surface area contributed by atoms with Gasteiger partial charge >= 0.3 is 6.03 Å². The normalized spacial score (nSPS) is 20.9. The van der Waals surface area contributed by atoms with Crippen LogP contribution in [-0.4, -0.2) is 55.6 Å². The molecular formula is C18H25ClN4O2. The molecular weight excluding hydrogens is 340 g/mol. The molecule has 7 heteroatoms. The molecule has 0 radical (unpaired) electrons. The molecule has 2 aliphatic rings. The van der Waals surface area contributed by atoms with Crippen LogP contribution in [0.3, 0.4) is 0 Å². The van der Waals surface area contributed by atoms with Gasteiger partial charge in [0.1, 0.15) is 0 Å². The number of carbonyl (C=O) groups excluding carboxylic acids is 2. The molecule has 1 aromatic carbocycles. The van der Waals surface area contributed by atoms with E-state index in [0.717, 1.165) is 18.7 Å². The van der Waals surface area contributed by atoms with Gasteiger partial charge in [-0.1, -0.05) is 11.6 Å². The Kier molecular flexibility index (Phi) is 6.15. The largest absolute Gasteiger partial charge is 0.338 e. The van der Waals surface area contributed by atoms with Crippen molar-refractivity contribution in [1.82, 2.24) is 15.5 Å². The van der Waals surface area contributed by atoms with Gasteiger partial charge in [0, 0.05) is 30.2 Å². The molecule has 1 aromatic rings. The third kappa shape index (κ3) is 5.09. The fourth-order valence-corrected chi connectivity index (χ4v) is 3.55. The molecule has 0 bridgehead atoms. The summed E-state index contributed by atoms with van der Waals surface area (Å²) >= 11 is 5.88. The van der Waals surface area contributed by atoms with E-state index in [0.29, 0.717) is 24.5 Å². The van der Waals surface area contributed by atoms with Gasteiger partial charge in [0.25, 0.3) is 0 Å². The molecule has 136 valence electrons. The van der Waals surface area contributed by atoms with Crippen molar-refractivity contribution in [2.24, 2.45) is 0 Å². The monoisotopic (exact) mass is 364 g/mol. The van der Waals surface area contributed by atoms with Gasteiger partial charge in [-0.15, -0.1) is 0 Å². The summed E-state index contributed by atoms with van der Waals surface area (Å²) in [5, 5.41) is 6.42. The van der Waals surface area contributed by atoms with Gasteiger partial charge < -0.3 is 20.4 Å². The van der Waals surface area contributed by atoms with Crippen molar-refractivity contribution in [2.75, 3.05) is 37.6 Å². The lowest BCUT2D eigenvalue weighted by molar-refractivity contribution is -0.117. The van der Waals surface area contributed by atoms with Crippen molar-refractivity contribution in [3.8, 4) is 0 Å². The first kappa shape index (κ1) is 18.0. The predicted molar refractivity (Wildman–Crippen MR) is 99.0 cm³/mol. The highest BCUT2D eigenvalue weighted by molar-refractivity contribution is 6.30. The van der Waals surface area contributed by atoms with Crippen LogP contribution in [0.25, 0.3) is 0 Å². The van der Waals surface area contributed by atoms with Crippen molar-refractivity contribution in [3.05, 3.63) is 29.3 Å². The maximum atomic E-state index is 12.2. The van der Waals surface area contributed by atoms with Crippen LogP contribution in [0.15, 0.2) is 24.3 Å². The summed E-state index contributed by atoms with van der Waals surface area (Å²) in [6.45, 7) is 4.53. The Labute approximate surface area is 153 Å². The molecule has 0 saturated carbocycles. The number of likely N-dealkylation sites (tertiary alicyclic amines) is 1. The minimum Gasteiger partial charge on any atom is -0.338 e. The molecule has 2 fully saturated rings. The number of nitrogens with one attached hydrogen (secondary N) is 2. The molecule has 1 unspecified atom stereocenters. The first-order valence-corrected chi connectivity index (χ1v) is 9.32. The number of benzene rings is 1. The van der Waals surface area contributed by atoms with Crippen molar-refractivity contribution in [2.45, 2.75) is 31.7 Å². The second-order valence-electron chi connectivity index (χ2n) is 6.68. The Morgan fingerprint density at radius 1 is 1.20 bits per heavy atom. The summed E-state index contributed by atoms with van der Waals surface area (Å²) in [5.74, 6) is 0.0154. The van der Waals surface area contributed by atoms with Gasteiger partial charge in [0.2, 0.25) is 5.91 Å². The van der Waals surface area contributed by atoms with E-state index in [9.17, 15) is 9.59 Å². The molecule has 0 aliphatic carbocycles. The SMILES string of the molecule is O=C(NCCCN1CCCC1)NC1CC(=O)N(c2ccc(Cl)cc2)C1. The number of hydrogen-bond donors (Lipinski definition) is 2. The summed E-state index contributed by atoms with van der Waals surface area (Å²) < 4.78 is 0. The Hall–Kier alpha value is -1.79. The second-order valence-corrected chi connectivity index (χ2v) is 7.12. The van der Waals surface area contributed by atoms with Crippen molar-refractivity contribution < 1.29 is 9.59 Å². The molecule has 3 amide bonds. The predicted octanol–water partition coefficient (Wildman–Crippen LogP) is 2.23. The fourth-order valence-electron chi connectivity index (χ4n) is 3.42. The molecule has 2 aliphatic heterocycles. The third-order valence-corrected chi connectivity index (χ3v) is 4.99. The van der Waals surface area contributed by atoms with Crippen LogP contribution < -0.4 is 15.5 Å². The maximum absolute atomic E-state index is 12.2. The molecule has 0 aromatic heterocycles.